The molecular formula is C15H23BrN2S. The van der Waals surface area contributed by atoms with Crippen molar-refractivity contribution in [3.8, 4) is 0 Å². The highest BCUT2D eigenvalue weighted by Gasteiger charge is 2.33. The van der Waals surface area contributed by atoms with Gasteiger partial charge in [-0.3, -0.25) is 0 Å². The first kappa shape index (κ1) is 14.1. The molecule has 0 aliphatic carbocycles. The van der Waals surface area contributed by atoms with Gasteiger partial charge in [0.2, 0.25) is 0 Å². The first-order valence-corrected chi connectivity index (χ1v) is 9.04. The van der Waals surface area contributed by atoms with Gasteiger partial charge in [-0.15, -0.1) is 11.3 Å². The minimum atomic E-state index is 0.835. The Morgan fingerprint density at radius 2 is 2.11 bits per heavy atom. The first-order chi connectivity index (χ1) is 9.19. The summed E-state index contributed by atoms with van der Waals surface area (Å²) in [7, 11) is 2.25. The van der Waals surface area contributed by atoms with E-state index in [0.29, 0.717) is 0 Å². The number of hydrogen-bond donors (Lipinski definition) is 1. The van der Waals surface area contributed by atoms with Crippen LogP contribution in [-0.4, -0.2) is 30.6 Å². The van der Waals surface area contributed by atoms with Gasteiger partial charge in [0.15, 0.2) is 0 Å². The summed E-state index contributed by atoms with van der Waals surface area (Å²) in [6.45, 7) is 2.32. The van der Waals surface area contributed by atoms with Crippen LogP contribution in [0.4, 0.5) is 0 Å². The molecule has 19 heavy (non-hydrogen) atoms. The van der Waals surface area contributed by atoms with Crippen LogP contribution < -0.4 is 5.32 Å². The lowest BCUT2D eigenvalue weighted by molar-refractivity contribution is 0.238. The predicted molar refractivity (Wildman–Crippen MR) is 85.6 cm³/mol. The average Bonchev–Trinajstić information content (AvgIpc) is 2.93. The maximum Gasteiger partial charge on any atom is 0.0701 e. The van der Waals surface area contributed by atoms with Crippen molar-refractivity contribution in [3.05, 3.63) is 20.8 Å². The van der Waals surface area contributed by atoms with Crippen molar-refractivity contribution in [2.45, 2.75) is 50.7 Å². The third kappa shape index (κ3) is 3.81. The Morgan fingerprint density at radius 1 is 1.37 bits per heavy atom. The zero-order valence-electron chi connectivity index (χ0n) is 11.6. The molecule has 0 saturated carbocycles. The molecule has 3 rings (SSSR count). The fraction of sp³-hybridized carbons (Fsp3) is 0.733. The third-order valence-corrected chi connectivity index (χ3v) is 6.12. The van der Waals surface area contributed by atoms with E-state index in [2.05, 4.69) is 44.6 Å². The van der Waals surface area contributed by atoms with Gasteiger partial charge in [0.1, 0.15) is 0 Å². The molecule has 2 bridgehead atoms. The molecule has 2 unspecified atom stereocenters. The number of nitrogens with zero attached hydrogens (tertiary/aromatic N) is 1. The zero-order valence-corrected chi connectivity index (χ0v) is 14.0. The number of fused-ring (bicyclic) bond motifs is 2. The van der Waals surface area contributed by atoms with Crippen LogP contribution in [0.2, 0.25) is 0 Å². The Morgan fingerprint density at radius 3 is 2.74 bits per heavy atom. The predicted octanol–water partition coefficient (Wildman–Crippen LogP) is 3.86. The van der Waals surface area contributed by atoms with E-state index in [1.54, 1.807) is 11.3 Å². The van der Waals surface area contributed by atoms with Gasteiger partial charge in [-0.1, -0.05) is 0 Å². The summed E-state index contributed by atoms with van der Waals surface area (Å²) in [5, 5.41) is 5.99. The van der Waals surface area contributed by atoms with E-state index in [4.69, 9.17) is 0 Å². The second kappa shape index (κ2) is 6.25. The highest BCUT2D eigenvalue weighted by atomic mass is 79.9. The maximum absolute atomic E-state index is 3.73. The zero-order chi connectivity index (χ0) is 13.2. The van der Waals surface area contributed by atoms with Gasteiger partial charge in [-0.25, -0.2) is 0 Å². The molecule has 1 N–H and O–H groups in total. The molecule has 2 aliphatic rings. The van der Waals surface area contributed by atoms with E-state index in [1.807, 2.05) is 0 Å². The van der Waals surface area contributed by atoms with Crippen LogP contribution in [0.3, 0.4) is 0 Å². The summed E-state index contributed by atoms with van der Waals surface area (Å²) in [5.41, 5.74) is 1.43. The Kier molecular flexibility index (Phi) is 4.62. The normalized spacial score (nSPS) is 30.2. The summed E-state index contributed by atoms with van der Waals surface area (Å²) in [5.74, 6) is 0.954. The Balaban J connectivity index is 1.42. The smallest absolute Gasteiger partial charge is 0.0701 e. The fourth-order valence-electron chi connectivity index (χ4n) is 3.63. The van der Waals surface area contributed by atoms with Crippen LogP contribution in [0.5, 0.6) is 0 Å². The van der Waals surface area contributed by atoms with Crippen molar-refractivity contribution in [2.75, 3.05) is 13.6 Å². The van der Waals surface area contributed by atoms with Crippen LogP contribution in [0.1, 0.15) is 37.7 Å². The number of halogens is 1. The van der Waals surface area contributed by atoms with E-state index in [-0.39, 0.29) is 0 Å². The highest BCUT2D eigenvalue weighted by Crippen LogP contribution is 2.32. The Bertz CT molecular complexity index is 408. The van der Waals surface area contributed by atoms with E-state index in [0.717, 1.165) is 24.5 Å². The van der Waals surface area contributed by atoms with Gasteiger partial charge in [0, 0.05) is 18.6 Å². The van der Waals surface area contributed by atoms with Gasteiger partial charge in [-0.05, 0) is 84.6 Å². The molecular weight excluding hydrogens is 320 g/mol. The van der Waals surface area contributed by atoms with Gasteiger partial charge in [0.25, 0.3) is 0 Å². The Labute approximate surface area is 128 Å². The molecule has 2 atom stereocenters. The van der Waals surface area contributed by atoms with E-state index in [9.17, 15) is 0 Å². The van der Waals surface area contributed by atoms with Crippen molar-refractivity contribution in [2.24, 2.45) is 5.92 Å². The van der Waals surface area contributed by atoms with Gasteiger partial charge in [-0.2, -0.15) is 0 Å². The molecule has 2 nitrogen and oxygen atoms in total. The topological polar surface area (TPSA) is 15.3 Å². The van der Waals surface area contributed by atoms with Crippen LogP contribution >= 0.6 is 27.3 Å². The van der Waals surface area contributed by atoms with E-state index in [1.165, 1.54) is 48.0 Å². The summed E-state index contributed by atoms with van der Waals surface area (Å²) < 4.78 is 1.24. The largest absolute Gasteiger partial charge is 0.311 e. The lowest BCUT2D eigenvalue weighted by Gasteiger charge is -2.30. The maximum atomic E-state index is 3.73. The molecule has 3 heterocycles. The number of thiophene rings is 1. The fourth-order valence-corrected chi connectivity index (χ4v) is 4.83. The number of hydrogen-bond acceptors (Lipinski definition) is 3. The van der Waals surface area contributed by atoms with E-state index < -0.39 is 0 Å². The third-order valence-electron chi connectivity index (χ3n) is 4.56. The molecule has 2 fully saturated rings. The van der Waals surface area contributed by atoms with Crippen molar-refractivity contribution >= 4 is 27.3 Å². The summed E-state index contributed by atoms with van der Waals surface area (Å²) in [4.78, 5) is 2.47. The number of piperidine rings is 1. The number of rotatable bonds is 5. The Hall–Kier alpha value is 0.100. The molecule has 2 aliphatic heterocycles. The summed E-state index contributed by atoms with van der Waals surface area (Å²) >= 11 is 5.32. The monoisotopic (exact) mass is 342 g/mol. The van der Waals surface area contributed by atoms with Crippen molar-refractivity contribution in [1.82, 2.24) is 10.2 Å². The SMILES string of the molecule is CN(CCC1CC2CCC(C1)N2)Cc1csc(Br)c1. The highest BCUT2D eigenvalue weighted by molar-refractivity contribution is 9.11. The molecule has 0 spiro atoms. The molecule has 4 heteroatoms. The summed E-state index contributed by atoms with van der Waals surface area (Å²) in [6.07, 6.45) is 7.03. The molecule has 0 amide bonds. The van der Waals surface area contributed by atoms with Crippen LogP contribution in [0.25, 0.3) is 0 Å². The minimum absolute atomic E-state index is 0.835. The molecule has 106 valence electrons. The van der Waals surface area contributed by atoms with Crippen LogP contribution in [0.15, 0.2) is 15.2 Å². The molecule has 0 radical (unpaired) electrons. The molecule has 1 aromatic rings. The van der Waals surface area contributed by atoms with Crippen molar-refractivity contribution in [3.63, 3.8) is 0 Å². The first-order valence-electron chi connectivity index (χ1n) is 7.36. The average molecular weight is 343 g/mol. The van der Waals surface area contributed by atoms with Crippen molar-refractivity contribution < 1.29 is 0 Å². The lowest BCUT2D eigenvalue weighted by atomic mass is 9.89. The lowest BCUT2D eigenvalue weighted by Crippen LogP contribution is -2.38. The van der Waals surface area contributed by atoms with Gasteiger partial charge >= 0.3 is 0 Å². The standard InChI is InChI=1S/C15H23BrN2S/c1-18(9-12-8-15(16)19-10-12)5-4-11-6-13-2-3-14(7-11)17-13/h8,10-11,13-14,17H,2-7,9H2,1H3. The second-order valence-corrected chi connectivity index (χ2v) is 8.55. The molecule has 0 aromatic carbocycles. The van der Waals surface area contributed by atoms with Crippen LogP contribution in [-0.2, 0) is 6.54 Å². The quantitative estimate of drug-likeness (QED) is 0.873. The summed E-state index contributed by atoms with van der Waals surface area (Å²) in [6, 6.07) is 3.91. The minimum Gasteiger partial charge on any atom is -0.311 e. The van der Waals surface area contributed by atoms with Crippen molar-refractivity contribution in [1.29, 1.82) is 0 Å². The van der Waals surface area contributed by atoms with Gasteiger partial charge in [0.05, 0.1) is 3.79 Å². The molecule has 2 saturated heterocycles. The number of nitrogens with one attached hydrogen (secondary N) is 1. The van der Waals surface area contributed by atoms with Crippen LogP contribution in [0, 0.1) is 5.92 Å². The van der Waals surface area contributed by atoms with E-state index >= 15 is 0 Å². The molecule has 1 aromatic heterocycles. The van der Waals surface area contributed by atoms with Gasteiger partial charge < -0.3 is 10.2 Å². The second-order valence-electron chi connectivity index (χ2n) is 6.26.